The lowest BCUT2D eigenvalue weighted by Crippen LogP contribution is -2.31. The number of nitrogen functional groups attached to an aromatic ring is 1. The van der Waals surface area contributed by atoms with Crippen molar-refractivity contribution in [3.05, 3.63) is 47.4 Å². The second-order valence-corrected chi connectivity index (χ2v) is 7.51. The van der Waals surface area contributed by atoms with Crippen molar-refractivity contribution >= 4 is 40.5 Å². The third-order valence-electron chi connectivity index (χ3n) is 4.07. The number of hydrogen-bond acceptors (Lipinski definition) is 7. The van der Waals surface area contributed by atoms with Gasteiger partial charge in [-0.05, 0) is 5.56 Å². The molecule has 9 heteroatoms. The van der Waals surface area contributed by atoms with Gasteiger partial charge in [-0.3, -0.25) is 4.57 Å². The van der Waals surface area contributed by atoms with Crippen LogP contribution in [0.4, 0.5) is 5.95 Å². The molecule has 0 saturated carbocycles. The van der Waals surface area contributed by atoms with Crippen LogP contribution in [0.15, 0.2) is 36.7 Å². The van der Waals surface area contributed by atoms with Gasteiger partial charge in [-0.1, -0.05) is 41.9 Å². The Hall–Kier alpha value is -1.87. The third-order valence-corrected chi connectivity index (χ3v) is 5.65. The second kappa shape index (κ2) is 7.79. The van der Waals surface area contributed by atoms with Gasteiger partial charge in [0.1, 0.15) is 10.9 Å². The summed E-state index contributed by atoms with van der Waals surface area (Å²) in [6, 6.07) is 10.1. The molecule has 7 nitrogen and oxygen atoms in total. The molecule has 1 aliphatic heterocycles. The Bertz CT molecular complexity index is 883. The summed E-state index contributed by atoms with van der Waals surface area (Å²) in [6.07, 6.45) is 1.77. The number of anilines is 1. The molecule has 3 heterocycles. The number of aromatic nitrogens is 4. The number of nitrogens with zero attached hydrogens (tertiary/aromatic N) is 4. The summed E-state index contributed by atoms with van der Waals surface area (Å²) < 4.78 is 13.7. The quantitative estimate of drug-likeness (QED) is 0.669. The van der Waals surface area contributed by atoms with E-state index in [4.69, 9.17) is 26.8 Å². The van der Waals surface area contributed by atoms with Gasteiger partial charge in [-0.25, -0.2) is 4.98 Å². The van der Waals surface area contributed by atoms with Gasteiger partial charge in [0.25, 0.3) is 0 Å². The zero-order valence-corrected chi connectivity index (χ0v) is 15.5. The summed E-state index contributed by atoms with van der Waals surface area (Å²) in [4.78, 5) is 12.5. The van der Waals surface area contributed by atoms with Crippen LogP contribution in [0.5, 0.6) is 0 Å². The molecule has 1 aromatic carbocycles. The topological polar surface area (TPSA) is 88.1 Å². The third kappa shape index (κ3) is 3.78. The molecule has 0 spiro atoms. The molecule has 136 valence electrons. The number of halogens is 1. The lowest BCUT2D eigenvalue weighted by Gasteiger charge is -2.29. The highest BCUT2D eigenvalue weighted by Crippen LogP contribution is 2.33. The molecule has 0 radical (unpaired) electrons. The number of imidazole rings is 1. The van der Waals surface area contributed by atoms with E-state index in [0.29, 0.717) is 31.0 Å². The van der Waals surface area contributed by atoms with Crippen LogP contribution in [0.1, 0.15) is 10.9 Å². The van der Waals surface area contributed by atoms with Gasteiger partial charge in [0.05, 0.1) is 32.3 Å². The molecule has 2 N–H and O–H groups in total. The van der Waals surface area contributed by atoms with E-state index in [1.54, 1.807) is 18.1 Å². The molecular weight excluding hydrogens is 374 g/mol. The minimum absolute atomic E-state index is 0.0655. The first-order valence-corrected chi connectivity index (χ1v) is 9.64. The molecule has 1 saturated heterocycles. The molecule has 2 aromatic heterocycles. The highest BCUT2D eigenvalue weighted by molar-refractivity contribution is 7.99. The monoisotopic (exact) mass is 391 g/mol. The van der Waals surface area contributed by atoms with Crippen molar-refractivity contribution in [1.29, 1.82) is 0 Å². The fourth-order valence-electron chi connectivity index (χ4n) is 2.78. The summed E-state index contributed by atoms with van der Waals surface area (Å²) in [5.41, 5.74) is 8.04. The van der Waals surface area contributed by atoms with Crippen LogP contribution in [0.25, 0.3) is 11.2 Å². The molecule has 4 rings (SSSR count). The zero-order chi connectivity index (χ0) is 17.9. The number of rotatable bonds is 5. The van der Waals surface area contributed by atoms with Crippen LogP contribution >= 0.6 is 23.4 Å². The molecular formula is C17H18ClN5O2S. The lowest BCUT2D eigenvalue weighted by atomic mass is 10.2. The van der Waals surface area contributed by atoms with Crippen molar-refractivity contribution in [2.24, 2.45) is 0 Å². The fourth-order valence-corrected chi connectivity index (χ4v) is 4.12. The van der Waals surface area contributed by atoms with Crippen LogP contribution in [0.2, 0.25) is 5.15 Å². The predicted octanol–water partition coefficient (Wildman–Crippen LogP) is 2.91. The largest absolute Gasteiger partial charge is 0.374 e. The van der Waals surface area contributed by atoms with E-state index in [9.17, 15) is 0 Å². The normalized spacial score (nSPS) is 20.5. The van der Waals surface area contributed by atoms with E-state index in [0.717, 1.165) is 11.3 Å². The first-order valence-electron chi connectivity index (χ1n) is 8.21. The van der Waals surface area contributed by atoms with Crippen LogP contribution in [0, 0.1) is 0 Å². The molecule has 1 fully saturated rings. The van der Waals surface area contributed by atoms with Crippen LogP contribution in [-0.2, 0) is 16.1 Å². The van der Waals surface area contributed by atoms with Crippen molar-refractivity contribution in [2.75, 3.05) is 24.7 Å². The average Bonchev–Trinajstić information content (AvgIpc) is 3.07. The summed E-state index contributed by atoms with van der Waals surface area (Å²) in [6.45, 7) is 1.70. The molecule has 26 heavy (non-hydrogen) atoms. The number of nitrogens with two attached hydrogens (primary N) is 1. The smallest absolute Gasteiger partial charge is 0.223 e. The Labute approximate surface area is 159 Å². The number of hydrogen-bond donors (Lipinski definition) is 1. The van der Waals surface area contributed by atoms with Gasteiger partial charge in [0.2, 0.25) is 5.95 Å². The maximum Gasteiger partial charge on any atom is 0.223 e. The Balaban J connectivity index is 1.34. The molecule has 2 atom stereocenters. The fraction of sp³-hybridized carbons (Fsp3) is 0.353. The predicted molar refractivity (Wildman–Crippen MR) is 102 cm³/mol. The number of thioether (sulfide) groups is 1. The lowest BCUT2D eigenvalue weighted by molar-refractivity contribution is -0.0179. The minimum Gasteiger partial charge on any atom is -0.374 e. The van der Waals surface area contributed by atoms with E-state index in [-0.39, 0.29) is 22.6 Å². The molecule has 2 unspecified atom stereocenters. The summed E-state index contributed by atoms with van der Waals surface area (Å²) >= 11 is 7.86. The van der Waals surface area contributed by atoms with Gasteiger partial charge in [0.15, 0.2) is 10.8 Å². The average molecular weight is 392 g/mol. The Morgan fingerprint density at radius 3 is 2.92 bits per heavy atom. The van der Waals surface area contributed by atoms with Gasteiger partial charge in [0, 0.05) is 5.75 Å². The van der Waals surface area contributed by atoms with E-state index in [2.05, 4.69) is 27.1 Å². The summed E-state index contributed by atoms with van der Waals surface area (Å²) in [5.74, 6) is 0.964. The van der Waals surface area contributed by atoms with E-state index < -0.39 is 0 Å². The second-order valence-electron chi connectivity index (χ2n) is 5.94. The number of ether oxygens (including phenoxy) is 2. The summed E-state index contributed by atoms with van der Waals surface area (Å²) in [5, 5.41) is 0.330. The number of fused-ring (bicyclic) bond motifs is 1. The molecule has 1 aliphatic rings. The van der Waals surface area contributed by atoms with E-state index in [1.807, 2.05) is 22.8 Å². The van der Waals surface area contributed by atoms with Gasteiger partial charge in [-0.2, -0.15) is 9.97 Å². The Morgan fingerprint density at radius 1 is 1.31 bits per heavy atom. The van der Waals surface area contributed by atoms with Crippen molar-refractivity contribution in [3.63, 3.8) is 0 Å². The van der Waals surface area contributed by atoms with Crippen molar-refractivity contribution in [1.82, 2.24) is 19.5 Å². The van der Waals surface area contributed by atoms with Crippen molar-refractivity contribution in [2.45, 2.75) is 18.1 Å². The molecule has 0 bridgehead atoms. The van der Waals surface area contributed by atoms with Crippen LogP contribution in [-0.4, -0.2) is 44.6 Å². The highest BCUT2D eigenvalue weighted by atomic mass is 35.5. The first kappa shape index (κ1) is 17.5. The molecule has 0 amide bonds. The molecule has 0 aliphatic carbocycles. The van der Waals surface area contributed by atoms with Crippen LogP contribution in [0.3, 0.4) is 0 Å². The van der Waals surface area contributed by atoms with Gasteiger partial charge >= 0.3 is 0 Å². The maximum absolute atomic E-state index is 6.08. The molecule has 3 aromatic rings. The minimum atomic E-state index is 0.0655. The van der Waals surface area contributed by atoms with Gasteiger partial charge in [-0.15, -0.1) is 11.8 Å². The van der Waals surface area contributed by atoms with Crippen LogP contribution < -0.4 is 5.73 Å². The standard InChI is InChI=1S/C17H18ClN5O2S/c18-15-14-16(22-17(19)21-15)23(10-20-14)13-8-25-12(9-26-13)7-24-6-11-4-2-1-3-5-11/h1-5,10,12-13H,6-9H2,(H2,19,21,22). The SMILES string of the molecule is Nc1nc(Cl)c2ncn(C3COC(COCc4ccccc4)CS3)c2n1. The highest BCUT2D eigenvalue weighted by Gasteiger charge is 2.26. The Morgan fingerprint density at radius 2 is 2.15 bits per heavy atom. The van der Waals surface area contributed by atoms with Crippen molar-refractivity contribution < 1.29 is 9.47 Å². The Kier molecular flexibility index (Phi) is 5.26. The maximum atomic E-state index is 6.08. The zero-order valence-electron chi connectivity index (χ0n) is 13.9. The first-order chi connectivity index (χ1) is 12.7. The summed E-state index contributed by atoms with van der Waals surface area (Å²) in [7, 11) is 0. The van der Waals surface area contributed by atoms with E-state index >= 15 is 0 Å². The van der Waals surface area contributed by atoms with Gasteiger partial charge < -0.3 is 15.2 Å². The van der Waals surface area contributed by atoms with E-state index in [1.165, 1.54) is 0 Å². The van der Waals surface area contributed by atoms with Crippen molar-refractivity contribution in [3.8, 4) is 0 Å². The number of benzene rings is 1.